The molecule has 3 fully saturated rings. The van der Waals surface area contributed by atoms with E-state index in [0.717, 1.165) is 32.1 Å². The van der Waals surface area contributed by atoms with E-state index in [0.29, 0.717) is 43.3 Å². The van der Waals surface area contributed by atoms with E-state index >= 15 is 0 Å². The molecule has 3 heterocycles. The highest BCUT2D eigenvalue weighted by molar-refractivity contribution is 5.96. The van der Waals surface area contributed by atoms with Gasteiger partial charge >= 0.3 is 0 Å². The van der Waals surface area contributed by atoms with Gasteiger partial charge in [0.15, 0.2) is 0 Å². The molecule has 4 rings (SSSR count). The van der Waals surface area contributed by atoms with E-state index in [9.17, 15) is 9.59 Å². The van der Waals surface area contributed by atoms with Crippen LogP contribution in [-0.2, 0) is 9.53 Å². The minimum absolute atomic E-state index is 0.0328. The summed E-state index contributed by atoms with van der Waals surface area (Å²) in [4.78, 5) is 29.8. The molecule has 0 spiro atoms. The summed E-state index contributed by atoms with van der Waals surface area (Å²) < 4.78 is 10.6. The number of amides is 2. The van der Waals surface area contributed by atoms with Crippen molar-refractivity contribution >= 4 is 11.8 Å². The first-order chi connectivity index (χ1) is 12.6. The van der Waals surface area contributed by atoms with Crippen molar-refractivity contribution in [3.63, 3.8) is 0 Å². The number of nitrogens with zero attached hydrogens (tertiary/aromatic N) is 3. The lowest BCUT2D eigenvalue weighted by Gasteiger charge is -2.38. The minimum atomic E-state index is -0.0328. The molecule has 26 heavy (non-hydrogen) atoms. The maximum atomic E-state index is 13.0. The molecular weight excluding hydrogens is 334 g/mol. The number of carbonyl (C=O) groups excluding carboxylic acids is 2. The molecule has 1 aromatic rings. The Hall–Kier alpha value is -1.89. The molecule has 1 aromatic heterocycles. The van der Waals surface area contributed by atoms with Gasteiger partial charge in [0, 0.05) is 38.3 Å². The first kappa shape index (κ1) is 17.5. The van der Waals surface area contributed by atoms with Crippen LogP contribution in [0.5, 0.6) is 0 Å². The van der Waals surface area contributed by atoms with Crippen LogP contribution in [0, 0.1) is 19.8 Å². The molecule has 0 N–H and O–H groups in total. The van der Waals surface area contributed by atoms with Gasteiger partial charge in [0.2, 0.25) is 5.91 Å². The van der Waals surface area contributed by atoms with Crippen molar-refractivity contribution in [3.8, 4) is 0 Å². The Balaban J connectivity index is 1.49. The zero-order valence-electron chi connectivity index (χ0n) is 15.6. The number of likely N-dealkylation sites (tertiary alicyclic amines) is 1. The topological polar surface area (TPSA) is 75.9 Å². The van der Waals surface area contributed by atoms with Gasteiger partial charge in [-0.1, -0.05) is 5.16 Å². The van der Waals surface area contributed by atoms with E-state index in [-0.39, 0.29) is 29.8 Å². The quantitative estimate of drug-likeness (QED) is 0.819. The zero-order valence-corrected chi connectivity index (χ0v) is 15.6. The number of hydrogen-bond acceptors (Lipinski definition) is 5. The number of rotatable bonds is 4. The van der Waals surface area contributed by atoms with Crippen molar-refractivity contribution in [1.29, 1.82) is 0 Å². The van der Waals surface area contributed by atoms with Gasteiger partial charge < -0.3 is 19.1 Å². The van der Waals surface area contributed by atoms with Gasteiger partial charge in [-0.3, -0.25) is 9.59 Å². The highest BCUT2D eigenvalue weighted by atomic mass is 16.5. The van der Waals surface area contributed by atoms with Crippen LogP contribution in [0.3, 0.4) is 0 Å². The minimum Gasteiger partial charge on any atom is -0.381 e. The number of aryl methyl sites for hydroxylation is 2. The Morgan fingerprint density at radius 2 is 1.81 bits per heavy atom. The fraction of sp³-hybridized carbons (Fsp3) is 0.737. The molecule has 0 radical (unpaired) electrons. The van der Waals surface area contributed by atoms with Gasteiger partial charge in [0.05, 0.1) is 11.7 Å². The van der Waals surface area contributed by atoms with Crippen molar-refractivity contribution in [2.75, 3.05) is 26.3 Å². The van der Waals surface area contributed by atoms with Crippen LogP contribution in [0.2, 0.25) is 0 Å². The van der Waals surface area contributed by atoms with E-state index in [1.54, 1.807) is 13.8 Å². The second-order valence-electron chi connectivity index (χ2n) is 7.76. The van der Waals surface area contributed by atoms with E-state index in [4.69, 9.17) is 9.26 Å². The predicted molar refractivity (Wildman–Crippen MR) is 93.7 cm³/mol. The van der Waals surface area contributed by atoms with Crippen molar-refractivity contribution in [2.45, 2.75) is 58.0 Å². The summed E-state index contributed by atoms with van der Waals surface area (Å²) in [5.41, 5.74) is 1.20. The lowest BCUT2D eigenvalue weighted by molar-refractivity contribution is -0.139. The lowest BCUT2D eigenvalue weighted by Crippen LogP contribution is -2.51. The van der Waals surface area contributed by atoms with Gasteiger partial charge in [-0.25, -0.2) is 0 Å². The van der Waals surface area contributed by atoms with Gasteiger partial charge in [-0.2, -0.15) is 0 Å². The number of ether oxygens (including phenoxy) is 1. The molecule has 0 aromatic carbocycles. The Morgan fingerprint density at radius 3 is 2.42 bits per heavy atom. The fourth-order valence-electron chi connectivity index (χ4n) is 4.26. The Bertz CT molecular complexity index is 671. The summed E-state index contributed by atoms with van der Waals surface area (Å²) >= 11 is 0. The standard InChI is InChI=1S/C19H27N3O4/c1-12-17(13(2)26-20-12)19(24)21-8-5-16(11-21)22(18(23)14-3-4-14)15-6-9-25-10-7-15/h14-16H,3-11H2,1-2H3. The van der Waals surface area contributed by atoms with Crippen molar-refractivity contribution in [2.24, 2.45) is 5.92 Å². The van der Waals surface area contributed by atoms with Gasteiger partial charge in [0.25, 0.3) is 5.91 Å². The Kier molecular flexibility index (Phi) is 4.73. The van der Waals surface area contributed by atoms with E-state index in [2.05, 4.69) is 10.1 Å². The molecule has 1 saturated carbocycles. The second-order valence-corrected chi connectivity index (χ2v) is 7.76. The number of carbonyl (C=O) groups is 2. The third-order valence-electron chi connectivity index (χ3n) is 5.86. The summed E-state index contributed by atoms with van der Waals surface area (Å²) in [5, 5.41) is 3.89. The van der Waals surface area contributed by atoms with Crippen LogP contribution in [0.1, 0.15) is 53.9 Å². The molecule has 7 nitrogen and oxygen atoms in total. The number of hydrogen-bond donors (Lipinski definition) is 0. The smallest absolute Gasteiger partial charge is 0.259 e. The average Bonchev–Trinajstić information content (AvgIpc) is 3.30. The molecular formula is C19H27N3O4. The van der Waals surface area contributed by atoms with Crippen molar-refractivity contribution < 1.29 is 18.8 Å². The van der Waals surface area contributed by atoms with Crippen LogP contribution in [0.15, 0.2) is 4.52 Å². The van der Waals surface area contributed by atoms with Gasteiger partial charge in [-0.15, -0.1) is 0 Å². The van der Waals surface area contributed by atoms with E-state index < -0.39 is 0 Å². The largest absolute Gasteiger partial charge is 0.381 e. The van der Waals surface area contributed by atoms with Crippen LogP contribution in [0.4, 0.5) is 0 Å². The molecule has 2 aliphatic heterocycles. The SMILES string of the molecule is Cc1noc(C)c1C(=O)N1CCC(N(C(=O)C2CC2)C2CCOCC2)C1. The summed E-state index contributed by atoms with van der Waals surface area (Å²) in [5.74, 6) is 1.01. The normalized spacial score (nSPS) is 24.1. The molecule has 1 atom stereocenters. The van der Waals surface area contributed by atoms with Crippen molar-refractivity contribution in [3.05, 3.63) is 17.0 Å². The highest BCUT2D eigenvalue weighted by Crippen LogP contribution is 2.35. The van der Waals surface area contributed by atoms with Gasteiger partial charge in [0.1, 0.15) is 11.3 Å². The zero-order chi connectivity index (χ0) is 18.3. The predicted octanol–water partition coefficient (Wildman–Crippen LogP) is 1.92. The average molecular weight is 361 g/mol. The third-order valence-corrected chi connectivity index (χ3v) is 5.86. The first-order valence-corrected chi connectivity index (χ1v) is 9.68. The van der Waals surface area contributed by atoms with Crippen LogP contribution >= 0.6 is 0 Å². The summed E-state index contributed by atoms with van der Waals surface area (Å²) in [6.45, 7) is 6.26. The summed E-state index contributed by atoms with van der Waals surface area (Å²) in [6, 6.07) is 0.353. The maximum Gasteiger partial charge on any atom is 0.259 e. The maximum absolute atomic E-state index is 13.0. The Labute approximate surface area is 153 Å². The highest BCUT2D eigenvalue weighted by Gasteiger charge is 2.43. The second kappa shape index (κ2) is 7.02. The summed E-state index contributed by atoms with van der Waals surface area (Å²) in [6.07, 6.45) is 4.64. The van der Waals surface area contributed by atoms with E-state index in [1.807, 2.05) is 4.90 Å². The molecule has 7 heteroatoms. The summed E-state index contributed by atoms with van der Waals surface area (Å²) in [7, 11) is 0. The molecule has 0 bridgehead atoms. The van der Waals surface area contributed by atoms with Crippen LogP contribution < -0.4 is 0 Å². The molecule has 2 saturated heterocycles. The monoisotopic (exact) mass is 361 g/mol. The first-order valence-electron chi connectivity index (χ1n) is 9.68. The number of aromatic nitrogens is 1. The molecule has 3 aliphatic rings. The van der Waals surface area contributed by atoms with Gasteiger partial charge in [-0.05, 0) is 46.0 Å². The Morgan fingerprint density at radius 1 is 1.08 bits per heavy atom. The fourth-order valence-corrected chi connectivity index (χ4v) is 4.26. The third kappa shape index (κ3) is 3.24. The van der Waals surface area contributed by atoms with Crippen LogP contribution in [0.25, 0.3) is 0 Å². The van der Waals surface area contributed by atoms with Crippen LogP contribution in [-0.4, -0.2) is 65.2 Å². The lowest BCUT2D eigenvalue weighted by atomic mass is 10.0. The van der Waals surface area contributed by atoms with Crippen molar-refractivity contribution in [1.82, 2.24) is 15.0 Å². The molecule has 1 unspecified atom stereocenters. The van der Waals surface area contributed by atoms with E-state index in [1.165, 1.54) is 0 Å². The molecule has 2 amide bonds. The molecule has 1 aliphatic carbocycles. The molecule has 142 valence electrons.